The molecule has 1 aromatic heterocycles. The third-order valence-electron chi connectivity index (χ3n) is 4.04. The molecule has 1 atom stereocenters. The highest BCUT2D eigenvalue weighted by molar-refractivity contribution is 4.83. The molecule has 0 bridgehead atoms. The zero-order chi connectivity index (χ0) is 15.3. The second-order valence-corrected chi connectivity index (χ2v) is 6.00. The lowest BCUT2D eigenvalue weighted by Crippen LogP contribution is -2.28. The highest BCUT2D eigenvalue weighted by Crippen LogP contribution is 2.12. The van der Waals surface area contributed by atoms with E-state index in [9.17, 15) is 0 Å². The number of aryl methyl sites for hydroxylation is 1. The molecule has 5 heteroatoms. The van der Waals surface area contributed by atoms with Crippen LogP contribution in [-0.2, 0) is 13.5 Å². The van der Waals surface area contributed by atoms with E-state index in [1.165, 1.54) is 69.0 Å². The third-order valence-corrected chi connectivity index (χ3v) is 4.04. The Morgan fingerprint density at radius 1 is 1.00 bits per heavy atom. The molecule has 1 heterocycles. The lowest BCUT2D eigenvalue weighted by atomic mass is 10.0. The van der Waals surface area contributed by atoms with Crippen LogP contribution in [-0.4, -0.2) is 33.3 Å². The van der Waals surface area contributed by atoms with Gasteiger partial charge in [0.1, 0.15) is 0 Å². The molecule has 0 saturated carbocycles. The van der Waals surface area contributed by atoms with E-state index in [0.29, 0.717) is 6.04 Å². The van der Waals surface area contributed by atoms with E-state index in [1.807, 2.05) is 14.1 Å². The largest absolute Gasteiger partial charge is 0.317 e. The number of hydrogen-bond donors (Lipinski definition) is 1. The second-order valence-electron chi connectivity index (χ2n) is 6.00. The maximum atomic E-state index is 4.25. The number of nitrogens with zero attached hydrogens (tertiary/aromatic N) is 4. The lowest BCUT2D eigenvalue weighted by molar-refractivity contribution is 0.469. The van der Waals surface area contributed by atoms with Gasteiger partial charge in [-0.05, 0) is 18.7 Å². The summed E-state index contributed by atoms with van der Waals surface area (Å²) < 4.78 is 0. The molecule has 1 unspecified atom stereocenters. The zero-order valence-electron chi connectivity index (χ0n) is 14.1. The van der Waals surface area contributed by atoms with Crippen molar-refractivity contribution in [3.8, 4) is 0 Å². The van der Waals surface area contributed by atoms with Crippen LogP contribution >= 0.6 is 0 Å². The van der Waals surface area contributed by atoms with Gasteiger partial charge in [0, 0.05) is 12.5 Å². The van der Waals surface area contributed by atoms with Crippen LogP contribution in [0.15, 0.2) is 0 Å². The predicted octanol–water partition coefficient (Wildman–Crippen LogP) is 3.26. The monoisotopic (exact) mass is 295 g/mol. The Kier molecular flexibility index (Phi) is 10.0. The van der Waals surface area contributed by atoms with Gasteiger partial charge in [-0.3, -0.25) is 0 Å². The molecule has 5 nitrogen and oxygen atoms in total. The maximum Gasteiger partial charge on any atom is 0.176 e. The molecule has 0 saturated heterocycles. The van der Waals surface area contributed by atoms with Crippen LogP contribution in [0.4, 0.5) is 0 Å². The summed E-state index contributed by atoms with van der Waals surface area (Å²) in [5.74, 6) is 0.841. The van der Waals surface area contributed by atoms with Crippen molar-refractivity contribution in [1.29, 1.82) is 0 Å². The number of likely N-dealkylation sites (N-methyl/N-ethyl adjacent to an activating group) is 1. The first-order valence-corrected chi connectivity index (χ1v) is 8.66. The second kappa shape index (κ2) is 11.7. The summed E-state index contributed by atoms with van der Waals surface area (Å²) in [7, 11) is 3.83. The van der Waals surface area contributed by atoms with E-state index >= 15 is 0 Å². The normalized spacial score (nSPS) is 12.7. The molecular formula is C16H33N5. The summed E-state index contributed by atoms with van der Waals surface area (Å²) in [6.45, 7) is 2.27. The smallest absolute Gasteiger partial charge is 0.176 e. The van der Waals surface area contributed by atoms with E-state index in [4.69, 9.17) is 0 Å². The number of nitrogens with one attached hydrogen (secondary N) is 1. The molecule has 0 aliphatic carbocycles. The molecule has 0 amide bonds. The first kappa shape index (κ1) is 18.1. The number of tetrazole rings is 1. The van der Waals surface area contributed by atoms with Gasteiger partial charge in [0.05, 0.1) is 7.05 Å². The fourth-order valence-electron chi connectivity index (χ4n) is 2.68. The highest BCUT2D eigenvalue weighted by Gasteiger charge is 2.10. The van der Waals surface area contributed by atoms with Crippen molar-refractivity contribution in [2.75, 3.05) is 7.05 Å². The Balaban J connectivity index is 1.99. The van der Waals surface area contributed by atoms with Crippen molar-refractivity contribution in [3.63, 3.8) is 0 Å². The molecule has 1 aromatic rings. The Morgan fingerprint density at radius 2 is 1.62 bits per heavy atom. The molecule has 1 N–H and O–H groups in total. The Labute approximate surface area is 129 Å². The molecule has 1 rings (SSSR count). The van der Waals surface area contributed by atoms with Gasteiger partial charge in [-0.1, -0.05) is 64.7 Å². The maximum absolute atomic E-state index is 4.25. The van der Waals surface area contributed by atoms with Gasteiger partial charge in [-0.15, -0.1) is 10.2 Å². The summed E-state index contributed by atoms with van der Waals surface area (Å²) in [4.78, 5) is 1.53. The van der Waals surface area contributed by atoms with Crippen LogP contribution in [0.1, 0.15) is 77.0 Å². The average molecular weight is 295 g/mol. The topological polar surface area (TPSA) is 55.6 Å². The van der Waals surface area contributed by atoms with Crippen LogP contribution in [0.2, 0.25) is 0 Å². The summed E-state index contributed by atoms with van der Waals surface area (Å²) in [6.07, 6.45) is 14.5. The Bertz CT molecular complexity index is 350. The molecule has 0 aromatic carbocycles. The van der Waals surface area contributed by atoms with E-state index in [2.05, 4.69) is 27.7 Å². The molecular weight excluding hydrogens is 262 g/mol. The van der Waals surface area contributed by atoms with E-state index < -0.39 is 0 Å². The van der Waals surface area contributed by atoms with E-state index in [0.717, 1.165) is 12.2 Å². The molecule has 0 aliphatic heterocycles. The van der Waals surface area contributed by atoms with Crippen molar-refractivity contribution in [1.82, 2.24) is 25.5 Å². The molecule has 0 radical (unpaired) electrons. The summed E-state index contributed by atoms with van der Waals surface area (Å²) in [6, 6.07) is 0.471. The van der Waals surface area contributed by atoms with Gasteiger partial charge in [0.2, 0.25) is 0 Å². The Hall–Kier alpha value is -0.970. The van der Waals surface area contributed by atoms with Crippen molar-refractivity contribution in [2.45, 2.75) is 83.6 Å². The number of unbranched alkanes of at least 4 members (excludes halogenated alkanes) is 8. The third kappa shape index (κ3) is 8.81. The average Bonchev–Trinajstić information content (AvgIpc) is 2.89. The first-order valence-electron chi connectivity index (χ1n) is 8.66. The van der Waals surface area contributed by atoms with Gasteiger partial charge in [0.25, 0.3) is 0 Å². The van der Waals surface area contributed by atoms with Crippen LogP contribution in [0.5, 0.6) is 0 Å². The highest BCUT2D eigenvalue weighted by atomic mass is 15.6. The fraction of sp³-hybridized carbons (Fsp3) is 0.938. The van der Waals surface area contributed by atoms with Crippen molar-refractivity contribution >= 4 is 0 Å². The van der Waals surface area contributed by atoms with Gasteiger partial charge in [0.15, 0.2) is 5.82 Å². The van der Waals surface area contributed by atoms with Crippen LogP contribution in [0, 0.1) is 0 Å². The lowest BCUT2D eigenvalue weighted by Gasteiger charge is -2.13. The Morgan fingerprint density at radius 3 is 2.14 bits per heavy atom. The van der Waals surface area contributed by atoms with Crippen molar-refractivity contribution < 1.29 is 0 Å². The van der Waals surface area contributed by atoms with E-state index in [-0.39, 0.29) is 0 Å². The van der Waals surface area contributed by atoms with Gasteiger partial charge < -0.3 is 5.32 Å². The minimum Gasteiger partial charge on any atom is -0.317 e. The minimum atomic E-state index is 0.471. The minimum absolute atomic E-state index is 0.471. The van der Waals surface area contributed by atoms with Crippen LogP contribution in [0.25, 0.3) is 0 Å². The van der Waals surface area contributed by atoms with E-state index in [1.54, 1.807) is 0 Å². The zero-order valence-corrected chi connectivity index (χ0v) is 14.1. The number of hydrogen-bond acceptors (Lipinski definition) is 4. The SMILES string of the molecule is CCCCCCCCCCCC(Cc1nnn(C)n1)NC. The van der Waals surface area contributed by atoms with Crippen LogP contribution in [0.3, 0.4) is 0 Å². The standard InChI is InChI=1S/C16H33N5/c1-4-5-6-7-8-9-10-11-12-13-15(17-2)14-16-18-20-21(3)19-16/h15,17H,4-14H2,1-3H3. The molecule has 21 heavy (non-hydrogen) atoms. The summed E-state index contributed by atoms with van der Waals surface area (Å²) in [5, 5.41) is 15.6. The van der Waals surface area contributed by atoms with Crippen LogP contribution < -0.4 is 5.32 Å². The van der Waals surface area contributed by atoms with Crippen molar-refractivity contribution in [3.05, 3.63) is 5.82 Å². The molecule has 0 aliphatic rings. The molecule has 0 spiro atoms. The summed E-state index contributed by atoms with van der Waals surface area (Å²) >= 11 is 0. The molecule has 0 fully saturated rings. The quantitative estimate of drug-likeness (QED) is 0.568. The fourth-order valence-corrected chi connectivity index (χ4v) is 2.68. The van der Waals surface area contributed by atoms with Gasteiger partial charge >= 0.3 is 0 Å². The summed E-state index contributed by atoms with van der Waals surface area (Å²) in [5.41, 5.74) is 0. The number of aromatic nitrogens is 4. The predicted molar refractivity (Wildman–Crippen MR) is 87.2 cm³/mol. The van der Waals surface area contributed by atoms with Gasteiger partial charge in [-0.2, -0.15) is 4.80 Å². The first-order chi connectivity index (χ1) is 10.3. The van der Waals surface area contributed by atoms with Gasteiger partial charge in [-0.25, -0.2) is 0 Å². The number of rotatable bonds is 13. The van der Waals surface area contributed by atoms with Crippen molar-refractivity contribution in [2.24, 2.45) is 7.05 Å². The molecule has 122 valence electrons.